The Morgan fingerprint density at radius 1 is 1.00 bits per heavy atom. The second-order valence-corrected chi connectivity index (χ2v) is 8.11. The summed E-state index contributed by atoms with van der Waals surface area (Å²) in [6.45, 7) is 4.71. The number of fused-ring (bicyclic) bond motifs is 1. The number of benzene rings is 2. The summed E-state index contributed by atoms with van der Waals surface area (Å²) in [5.74, 6) is -0.116. The van der Waals surface area contributed by atoms with E-state index < -0.39 is 5.72 Å². The van der Waals surface area contributed by atoms with Gasteiger partial charge in [0.25, 0.3) is 5.91 Å². The van der Waals surface area contributed by atoms with Crippen LogP contribution in [0.5, 0.6) is 0 Å². The number of amides is 1. The maximum Gasteiger partial charge on any atom is 0.257 e. The molecule has 3 nitrogen and oxygen atoms in total. The van der Waals surface area contributed by atoms with Crippen LogP contribution in [0.3, 0.4) is 0 Å². The van der Waals surface area contributed by atoms with E-state index in [1.165, 1.54) is 0 Å². The molecule has 0 aromatic heterocycles. The molecule has 2 aromatic rings. The lowest BCUT2D eigenvalue weighted by Crippen LogP contribution is -2.42. The topological polar surface area (TPSA) is 40.5 Å². The molecule has 4 heteroatoms. The number of halogens is 1. The molecular weight excluding hydrogens is 334 g/mol. The molecule has 1 atom stereocenters. The van der Waals surface area contributed by atoms with Crippen LogP contribution in [0.2, 0.25) is 5.02 Å². The van der Waals surface area contributed by atoms with E-state index in [2.05, 4.69) is 13.8 Å². The summed E-state index contributed by atoms with van der Waals surface area (Å²) in [7, 11) is 0. The second-order valence-electron chi connectivity index (χ2n) is 7.67. The molecule has 0 saturated carbocycles. The van der Waals surface area contributed by atoms with Crippen LogP contribution in [0.4, 0.5) is 0 Å². The van der Waals surface area contributed by atoms with Crippen molar-refractivity contribution >= 4 is 28.7 Å². The molecule has 0 bridgehead atoms. The minimum absolute atomic E-state index is 0.116. The highest BCUT2D eigenvalue weighted by Crippen LogP contribution is 2.54. The number of carbonyl (C=O) groups excluding carboxylic acids is 1. The van der Waals surface area contributed by atoms with Crippen molar-refractivity contribution in [2.24, 2.45) is 5.41 Å². The molecule has 1 N–H and O–H groups in total. The molecule has 25 heavy (non-hydrogen) atoms. The lowest BCUT2D eigenvalue weighted by Gasteiger charge is -2.29. The van der Waals surface area contributed by atoms with E-state index in [1.807, 2.05) is 42.5 Å². The first-order valence-corrected chi connectivity index (χ1v) is 8.80. The lowest BCUT2D eigenvalue weighted by atomic mass is 9.82. The van der Waals surface area contributed by atoms with Crippen molar-refractivity contribution in [3.63, 3.8) is 0 Å². The minimum Gasteiger partial charge on any atom is -0.367 e. The van der Waals surface area contributed by atoms with Gasteiger partial charge in [-0.2, -0.15) is 0 Å². The Bertz CT molecular complexity index is 871. The number of carbonyl (C=O) groups is 1. The van der Waals surface area contributed by atoms with E-state index in [4.69, 9.17) is 11.6 Å². The molecule has 4 rings (SSSR count). The fourth-order valence-electron chi connectivity index (χ4n) is 4.15. The van der Waals surface area contributed by atoms with E-state index >= 15 is 0 Å². The quantitative estimate of drug-likeness (QED) is 0.878. The van der Waals surface area contributed by atoms with Crippen LogP contribution in [-0.4, -0.2) is 28.2 Å². The molecule has 2 aliphatic rings. The molecule has 0 aliphatic carbocycles. The van der Waals surface area contributed by atoms with Gasteiger partial charge in [-0.25, -0.2) is 0 Å². The van der Waals surface area contributed by atoms with Gasteiger partial charge in [0.2, 0.25) is 0 Å². The third-order valence-electron chi connectivity index (χ3n) is 5.06. The van der Waals surface area contributed by atoms with Gasteiger partial charge in [0.1, 0.15) is 0 Å². The highest BCUT2D eigenvalue weighted by Gasteiger charge is 2.58. The summed E-state index contributed by atoms with van der Waals surface area (Å²) in [4.78, 5) is 14.8. The highest BCUT2D eigenvalue weighted by molar-refractivity contribution is 6.32. The lowest BCUT2D eigenvalue weighted by molar-refractivity contribution is -0.134. The minimum atomic E-state index is -1.27. The van der Waals surface area contributed by atoms with Gasteiger partial charge < -0.3 is 10.0 Å². The molecule has 2 heterocycles. The summed E-state index contributed by atoms with van der Waals surface area (Å²) < 4.78 is 0. The summed E-state index contributed by atoms with van der Waals surface area (Å²) in [5, 5.41) is 12.2. The Hall–Kier alpha value is -2.10. The van der Waals surface area contributed by atoms with Gasteiger partial charge >= 0.3 is 0 Å². The molecule has 1 fully saturated rings. The normalized spacial score (nSPS) is 24.8. The SMILES string of the molecule is CC1(C)CN2C(=O)C(c3ccc(Cl)cc3)=C(c3ccccc3)C2(O)C1. The zero-order chi connectivity index (χ0) is 17.8. The van der Waals surface area contributed by atoms with E-state index in [0.717, 1.165) is 11.1 Å². The van der Waals surface area contributed by atoms with Gasteiger partial charge in [0.05, 0.1) is 5.57 Å². The van der Waals surface area contributed by atoms with Gasteiger partial charge in [0, 0.05) is 23.6 Å². The molecule has 2 aliphatic heterocycles. The molecule has 1 unspecified atom stereocenters. The van der Waals surface area contributed by atoms with E-state index in [9.17, 15) is 9.90 Å². The average molecular weight is 354 g/mol. The van der Waals surface area contributed by atoms with Gasteiger partial charge in [-0.05, 0) is 28.7 Å². The number of rotatable bonds is 2. The van der Waals surface area contributed by atoms with E-state index in [0.29, 0.717) is 29.1 Å². The Morgan fingerprint density at radius 3 is 2.28 bits per heavy atom. The zero-order valence-electron chi connectivity index (χ0n) is 14.3. The summed E-state index contributed by atoms with van der Waals surface area (Å²) in [6, 6.07) is 16.9. The fraction of sp³-hybridized carbons (Fsp3) is 0.286. The Kier molecular flexibility index (Phi) is 3.57. The van der Waals surface area contributed by atoms with Crippen molar-refractivity contribution in [3.05, 3.63) is 70.7 Å². The predicted octanol–water partition coefficient (Wildman–Crippen LogP) is 4.21. The molecule has 1 saturated heterocycles. The summed E-state index contributed by atoms with van der Waals surface area (Å²) >= 11 is 6.01. The van der Waals surface area contributed by atoms with Crippen molar-refractivity contribution in [1.82, 2.24) is 4.90 Å². The monoisotopic (exact) mass is 353 g/mol. The standard InChI is InChI=1S/C21H20ClNO2/c1-20(2)12-21(25)18(15-6-4-3-5-7-15)17(19(24)23(21)13-20)14-8-10-16(22)11-9-14/h3-11,25H,12-13H2,1-2H3. The molecule has 1 amide bonds. The Labute approximate surface area is 152 Å². The van der Waals surface area contributed by atoms with E-state index in [-0.39, 0.29) is 11.3 Å². The van der Waals surface area contributed by atoms with Gasteiger partial charge in [0.15, 0.2) is 5.72 Å². The van der Waals surface area contributed by atoms with Crippen molar-refractivity contribution in [2.45, 2.75) is 26.0 Å². The van der Waals surface area contributed by atoms with Gasteiger partial charge in [-0.3, -0.25) is 4.79 Å². The maximum absolute atomic E-state index is 13.2. The Balaban J connectivity index is 1.97. The van der Waals surface area contributed by atoms with E-state index in [1.54, 1.807) is 17.0 Å². The smallest absolute Gasteiger partial charge is 0.257 e. The fourth-order valence-corrected chi connectivity index (χ4v) is 4.27. The molecule has 2 aromatic carbocycles. The molecule has 0 spiro atoms. The average Bonchev–Trinajstić information content (AvgIpc) is 2.94. The molecule has 0 radical (unpaired) electrons. The molecule has 128 valence electrons. The van der Waals surface area contributed by atoms with Crippen LogP contribution in [0.25, 0.3) is 11.1 Å². The Morgan fingerprint density at radius 2 is 1.64 bits per heavy atom. The van der Waals surface area contributed by atoms with Crippen LogP contribution < -0.4 is 0 Å². The van der Waals surface area contributed by atoms with Crippen molar-refractivity contribution in [1.29, 1.82) is 0 Å². The predicted molar refractivity (Wildman–Crippen MR) is 99.8 cm³/mol. The summed E-state index contributed by atoms with van der Waals surface area (Å²) in [6.07, 6.45) is 0.521. The van der Waals surface area contributed by atoms with Crippen LogP contribution in [0, 0.1) is 5.41 Å². The first kappa shape index (κ1) is 16.4. The first-order valence-electron chi connectivity index (χ1n) is 8.42. The molecular formula is C21H20ClNO2. The largest absolute Gasteiger partial charge is 0.367 e. The van der Waals surface area contributed by atoms with Crippen molar-refractivity contribution in [3.8, 4) is 0 Å². The van der Waals surface area contributed by atoms with Crippen LogP contribution in [0.15, 0.2) is 54.6 Å². The number of nitrogens with zero attached hydrogens (tertiary/aromatic N) is 1. The zero-order valence-corrected chi connectivity index (χ0v) is 15.0. The third-order valence-corrected chi connectivity index (χ3v) is 5.31. The first-order chi connectivity index (χ1) is 11.8. The van der Waals surface area contributed by atoms with Gasteiger partial charge in [-0.1, -0.05) is 67.9 Å². The number of aliphatic hydroxyl groups is 1. The second kappa shape index (κ2) is 5.45. The number of hydrogen-bond donors (Lipinski definition) is 1. The summed E-state index contributed by atoms with van der Waals surface area (Å²) in [5.41, 5.74) is 1.54. The van der Waals surface area contributed by atoms with Crippen molar-refractivity contribution < 1.29 is 9.90 Å². The van der Waals surface area contributed by atoms with Crippen LogP contribution in [0.1, 0.15) is 31.4 Å². The number of hydrogen-bond acceptors (Lipinski definition) is 2. The van der Waals surface area contributed by atoms with Gasteiger partial charge in [-0.15, -0.1) is 0 Å². The van der Waals surface area contributed by atoms with Crippen molar-refractivity contribution in [2.75, 3.05) is 6.54 Å². The third kappa shape index (κ3) is 2.50. The van der Waals surface area contributed by atoms with Crippen LogP contribution >= 0.6 is 11.6 Å². The maximum atomic E-state index is 13.2. The highest BCUT2D eigenvalue weighted by atomic mass is 35.5. The van der Waals surface area contributed by atoms with Crippen LogP contribution in [-0.2, 0) is 4.79 Å².